The van der Waals surface area contributed by atoms with Crippen LogP contribution in [0.25, 0.3) is 0 Å². The summed E-state index contributed by atoms with van der Waals surface area (Å²) in [5.41, 5.74) is 20.7. The molecule has 0 rings (SSSR count). The second-order valence-electron chi connectivity index (χ2n) is 23.4. The van der Waals surface area contributed by atoms with Crippen LogP contribution in [0.2, 0.25) is 0 Å². The zero-order valence-corrected chi connectivity index (χ0v) is 65.0. The molecule has 0 aromatic heterocycles. The molecule has 0 radical (unpaired) electrons. The zero-order valence-electron chi connectivity index (χ0n) is 65.0. The summed E-state index contributed by atoms with van der Waals surface area (Å²) in [5, 5.41) is 19.6. The molecule has 44 heteroatoms. The predicted molar refractivity (Wildman–Crippen MR) is 398 cm³/mol. The fraction of sp³-hybridized carbons (Fsp3) is 0.652. The maximum atomic E-state index is 12.2. The number of esters is 4. The van der Waals surface area contributed by atoms with Gasteiger partial charge in [0.05, 0.1) is 80.8 Å². The van der Waals surface area contributed by atoms with E-state index in [2.05, 4.69) is 61.5 Å². The minimum atomic E-state index is -0.732. The lowest BCUT2D eigenvalue weighted by molar-refractivity contribution is -0.148. The van der Waals surface area contributed by atoms with Crippen molar-refractivity contribution in [1.29, 1.82) is 0 Å². The molecule has 640 valence electrons. The van der Waals surface area contributed by atoms with Crippen LogP contribution in [0.5, 0.6) is 0 Å². The Morgan fingerprint density at radius 3 is 0.522 bits per heavy atom. The minimum Gasteiger partial charge on any atom is -0.468 e. The second kappa shape index (κ2) is 68.7. The van der Waals surface area contributed by atoms with Gasteiger partial charge in [-0.25, -0.2) is 0 Å². The maximum Gasteiger partial charge on any atom is 0.325 e. The van der Waals surface area contributed by atoms with E-state index >= 15 is 0 Å². The van der Waals surface area contributed by atoms with Gasteiger partial charge in [-0.05, 0) is 27.7 Å². The summed E-state index contributed by atoms with van der Waals surface area (Å²) in [6, 6.07) is 0. The van der Waals surface area contributed by atoms with Gasteiger partial charge in [0.15, 0.2) is 23.1 Å². The number of rotatable bonds is 56. The molecule has 0 aliphatic rings. The second-order valence-corrected chi connectivity index (χ2v) is 23.4. The lowest BCUT2D eigenvalue weighted by atomic mass is 10.2. The van der Waals surface area contributed by atoms with E-state index in [1.54, 1.807) is 27.7 Å². The van der Waals surface area contributed by atoms with Crippen LogP contribution in [0, 0.1) is 0 Å². The fourth-order valence-corrected chi connectivity index (χ4v) is 8.05. The number of carbonyl (C=O) groups excluding carboxylic acids is 24. The Balaban J connectivity index is -0.000000457. The van der Waals surface area contributed by atoms with E-state index in [0.29, 0.717) is 26.2 Å². The van der Waals surface area contributed by atoms with Crippen molar-refractivity contribution in [3.63, 3.8) is 0 Å². The lowest BCUT2D eigenvalue weighted by Gasteiger charge is -2.20. The Hall–Kier alpha value is -11.3. The third-order valence-corrected chi connectivity index (χ3v) is 14.3. The summed E-state index contributed by atoms with van der Waals surface area (Å²) >= 11 is 0. The quantitative estimate of drug-likeness (QED) is 0.0199. The van der Waals surface area contributed by atoms with Gasteiger partial charge < -0.3 is 104 Å². The van der Waals surface area contributed by atoms with Crippen molar-refractivity contribution in [2.24, 2.45) is 22.9 Å². The first-order valence-electron chi connectivity index (χ1n) is 35.4. The van der Waals surface area contributed by atoms with Gasteiger partial charge in [0.1, 0.15) is 75.5 Å². The van der Waals surface area contributed by atoms with E-state index in [9.17, 15) is 115 Å². The van der Waals surface area contributed by atoms with Gasteiger partial charge in [0, 0.05) is 129 Å². The third kappa shape index (κ3) is 63.1. The minimum absolute atomic E-state index is 0. The van der Waals surface area contributed by atoms with Gasteiger partial charge in [-0.15, -0.1) is 0 Å². The van der Waals surface area contributed by atoms with Gasteiger partial charge in [-0.3, -0.25) is 115 Å². The molecule has 0 saturated carbocycles. The van der Waals surface area contributed by atoms with Crippen LogP contribution >= 0.6 is 0 Å². The molecule has 0 heterocycles. The van der Waals surface area contributed by atoms with Gasteiger partial charge >= 0.3 is 23.9 Å². The first kappa shape index (κ1) is 110. The number of carbonyl (C=O) groups is 24. The van der Waals surface area contributed by atoms with Crippen LogP contribution in [-0.4, -0.2) is 320 Å². The number of amides is 12. The highest BCUT2D eigenvalue weighted by atomic mass is 16.5. The van der Waals surface area contributed by atoms with Crippen LogP contribution in [-0.2, 0) is 134 Å². The maximum absolute atomic E-state index is 12.2. The molecule has 16 N–H and O–H groups in total. The number of hydrogen-bond donors (Lipinski definition) is 12. The average molecular weight is 1620 g/mol. The van der Waals surface area contributed by atoms with Crippen molar-refractivity contribution in [2.75, 3.05) is 159 Å². The first-order valence-corrected chi connectivity index (χ1v) is 35.4. The standard InChI is InChI=1S/4C17H28N4O7.CH4/c4*1-3-19-14(24)6-4-13(23)9-20-15(25)10-21(11-17(27)28-2)16(26)7-5-12(22)8-18;/h4*3-11,18H2,1-2H3,(H,19,24)(H,20,25);1H4. The average Bonchev–Trinajstić information content (AvgIpc) is 0.918. The van der Waals surface area contributed by atoms with E-state index in [1.165, 1.54) is 0 Å². The van der Waals surface area contributed by atoms with E-state index in [-0.39, 0.29) is 232 Å². The van der Waals surface area contributed by atoms with Crippen molar-refractivity contribution in [1.82, 2.24) is 62.1 Å². The van der Waals surface area contributed by atoms with Crippen molar-refractivity contribution in [3.05, 3.63) is 0 Å². The van der Waals surface area contributed by atoms with Crippen LogP contribution in [0.1, 0.15) is 138 Å². The Morgan fingerprint density at radius 2 is 0.381 bits per heavy atom. The van der Waals surface area contributed by atoms with Gasteiger partial charge in [0.2, 0.25) is 70.9 Å². The Bertz CT molecular complexity index is 2780. The summed E-state index contributed by atoms with van der Waals surface area (Å²) in [7, 11) is 4.54. The first-order chi connectivity index (χ1) is 52.9. The number of nitrogens with two attached hydrogens (primary N) is 4. The summed E-state index contributed by atoms with van der Waals surface area (Å²) < 4.78 is 18.0. The van der Waals surface area contributed by atoms with Crippen LogP contribution in [0.4, 0.5) is 0 Å². The third-order valence-electron chi connectivity index (χ3n) is 14.3. The summed E-state index contributed by atoms with van der Waals surface area (Å²) in [6.07, 6.45) is -1.27. The molecule has 0 saturated heterocycles. The van der Waals surface area contributed by atoms with Crippen molar-refractivity contribution >= 4 is 141 Å². The summed E-state index contributed by atoms with van der Waals surface area (Å²) in [5.74, 6) is -11.7. The van der Waals surface area contributed by atoms with Crippen molar-refractivity contribution < 1.29 is 134 Å². The van der Waals surface area contributed by atoms with Crippen LogP contribution in [0.15, 0.2) is 0 Å². The summed E-state index contributed by atoms with van der Waals surface area (Å²) in [6.45, 7) is 3.07. The Kier molecular flexibility index (Phi) is 67.1. The highest BCUT2D eigenvalue weighted by molar-refractivity contribution is 5.97. The van der Waals surface area contributed by atoms with E-state index in [4.69, 9.17) is 22.9 Å². The normalized spacial score (nSPS) is 9.88. The number of nitrogens with one attached hydrogen (secondary N) is 8. The SMILES string of the molecule is C.CCNC(=O)CCC(=O)CNC(=O)CN(CC(=O)OC)C(=O)CCC(=O)CN.CCNC(=O)CCC(=O)CNC(=O)CN(CC(=O)OC)C(=O)CCC(=O)CN.CCNC(=O)CCC(=O)CNC(=O)CN(CC(=O)OC)C(=O)CCC(=O)CN.CCNC(=O)CCC(=O)CNC(=O)CN(CC(=O)OC)C(=O)CCC(=O)CN. The Morgan fingerprint density at radius 1 is 0.221 bits per heavy atom. The smallest absolute Gasteiger partial charge is 0.325 e. The molecule has 0 unspecified atom stereocenters. The molecule has 0 aliphatic carbocycles. The van der Waals surface area contributed by atoms with Gasteiger partial charge in [-0.2, -0.15) is 0 Å². The lowest BCUT2D eigenvalue weighted by Crippen LogP contribution is -2.44. The molecule has 0 atom stereocenters. The monoisotopic (exact) mass is 1620 g/mol. The molecule has 12 amide bonds. The predicted octanol–water partition coefficient (Wildman–Crippen LogP) is -7.77. The fourth-order valence-electron chi connectivity index (χ4n) is 8.05. The summed E-state index contributed by atoms with van der Waals surface area (Å²) in [4.78, 5) is 283. The van der Waals surface area contributed by atoms with Crippen molar-refractivity contribution in [3.8, 4) is 0 Å². The molecule has 0 aliphatic heterocycles. The highest BCUT2D eigenvalue weighted by Gasteiger charge is 2.27. The van der Waals surface area contributed by atoms with Crippen LogP contribution < -0.4 is 65.5 Å². The van der Waals surface area contributed by atoms with Gasteiger partial charge in [-0.1, -0.05) is 7.43 Å². The van der Waals surface area contributed by atoms with E-state index < -0.39 is 123 Å². The molecule has 0 spiro atoms. The molecule has 0 fully saturated rings. The number of ketones is 8. The molecular formula is C69H116N16O28. The van der Waals surface area contributed by atoms with E-state index in [1.807, 2.05) is 0 Å². The molecule has 0 aromatic rings. The highest BCUT2D eigenvalue weighted by Crippen LogP contribution is 2.06. The molecular weight excluding hydrogens is 1500 g/mol. The molecule has 113 heavy (non-hydrogen) atoms. The Labute approximate surface area is 655 Å². The molecule has 44 nitrogen and oxygen atoms in total. The number of Topliss-reactive ketones (excluding diaryl/α,β-unsaturated/α-hetero) is 8. The number of nitrogens with zero attached hydrogens (tertiary/aromatic N) is 4. The molecule has 0 aromatic carbocycles. The largest absolute Gasteiger partial charge is 0.468 e. The van der Waals surface area contributed by atoms with E-state index in [0.717, 1.165) is 48.0 Å². The number of methoxy groups -OCH3 is 4. The van der Waals surface area contributed by atoms with Crippen molar-refractivity contribution in [2.45, 2.75) is 138 Å². The van der Waals surface area contributed by atoms with Crippen LogP contribution in [0.3, 0.4) is 0 Å². The molecule has 0 bridgehead atoms. The topological polar surface area (TPSA) is 660 Å². The van der Waals surface area contributed by atoms with Gasteiger partial charge in [0.25, 0.3) is 0 Å². The zero-order chi connectivity index (χ0) is 86.1. The number of ether oxygens (including phenoxy) is 4. The number of hydrogen-bond acceptors (Lipinski definition) is 32.